The van der Waals surface area contributed by atoms with Crippen LogP contribution in [0.1, 0.15) is 335 Å². The fraction of sp³-hybridized carbons (Fsp3) is 0.782. The topological polar surface area (TPSA) is 111 Å². The molecule has 2 unspecified atom stereocenters. The zero-order valence-corrected chi connectivity index (χ0v) is 57.6. The second-order valence-corrected chi connectivity index (χ2v) is 25.9. The summed E-state index contributed by atoms with van der Waals surface area (Å²) in [5, 5.41) is 11.8. The lowest BCUT2D eigenvalue weighted by Gasteiger charge is -2.26. The average Bonchev–Trinajstić information content (AvgIpc) is 3.59. The third-order valence-electron chi connectivity index (χ3n) is 16.1. The summed E-state index contributed by atoms with van der Waals surface area (Å²) < 4.78 is 22.8. The molecule has 0 fully saturated rings. The van der Waals surface area contributed by atoms with Crippen LogP contribution >= 0.6 is 0 Å². The summed E-state index contributed by atoms with van der Waals surface area (Å²) in [6, 6.07) is 0. The van der Waals surface area contributed by atoms with E-state index in [4.69, 9.17) is 18.9 Å². The van der Waals surface area contributed by atoms with Gasteiger partial charge in [-0.15, -0.1) is 0 Å². The van der Waals surface area contributed by atoms with E-state index in [1.54, 1.807) is 0 Å². The molecule has 0 spiro atoms. The van der Waals surface area contributed by atoms with E-state index in [-0.39, 0.29) is 38.6 Å². The fourth-order valence-corrected chi connectivity index (χ4v) is 10.5. The number of likely N-dealkylation sites (N-methyl/N-ethyl adjacent to an activating group) is 1. The third kappa shape index (κ3) is 69.8. The van der Waals surface area contributed by atoms with Gasteiger partial charge in [0, 0.05) is 12.8 Å². The smallest absolute Gasteiger partial charge is 0.306 e. The number of quaternary nitrogens is 1. The maximum atomic E-state index is 12.9. The van der Waals surface area contributed by atoms with E-state index in [0.717, 1.165) is 96.3 Å². The van der Waals surface area contributed by atoms with Gasteiger partial charge < -0.3 is 33.3 Å². The number of esters is 2. The van der Waals surface area contributed by atoms with Gasteiger partial charge in [0.25, 0.3) is 0 Å². The number of hydrogen-bond acceptors (Lipinski definition) is 8. The van der Waals surface area contributed by atoms with Crippen molar-refractivity contribution in [2.45, 2.75) is 347 Å². The maximum Gasteiger partial charge on any atom is 0.306 e. The van der Waals surface area contributed by atoms with Gasteiger partial charge in [-0.2, -0.15) is 0 Å². The Morgan fingerprint density at radius 1 is 0.356 bits per heavy atom. The van der Waals surface area contributed by atoms with E-state index in [9.17, 15) is 19.5 Å². The molecule has 2 atom stereocenters. The number of carbonyl (C=O) groups excluding carboxylic acids is 3. The van der Waals surface area contributed by atoms with Crippen molar-refractivity contribution in [3.05, 3.63) is 85.1 Å². The molecule has 0 aliphatic rings. The highest BCUT2D eigenvalue weighted by molar-refractivity contribution is 5.70. The van der Waals surface area contributed by atoms with Gasteiger partial charge in [-0.3, -0.25) is 9.59 Å². The van der Waals surface area contributed by atoms with Crippen molar-refractivity contribution >= 4 is 17.9 Å². The van der Waals surface area contributed by atoms with Crippen molar-refractivity contribution in [3.63, 3.8) is 0 Å². The van der Waals surface area contributed by atoms with Crippen molar-refractivity contribution in [3.8, 4) is 0 Å². The molecule has 0 radical (unpaired) electrons. The quantitative estimate of drug-likeness (QED) is 0.0195. The number of aliphatic carboxylic acids is 1. The van der Waals surface area contributed by atoms with Crippen LogP contribution in [0.5, 0.6) is 0 Å². The highest BCUT2D eigenvalue weighted by Crippen LogP contribution is 2.18. The molecule has 0 aromatic heterocycles. The zero-order chi connectivity index (χ0) is 63.3. The summed E-state index contributed by atoms with van der Waals surface area (Å²) >= 11 is 0. The molecule has 504 valence electrons. The number of rotatable bonds is 68. The number of carboxylic acids is 1. The third-order valence-corrected chi connectivity index (χ3v) is 16.1. The van der Waals surface area contributed by atoms with E-state index in [1.165, 1.54) is 205 Å². The molecule has 0 N–H and O–H groups in total. The van der Waals surface area contributed by atoms with Gasteiger partial charge in [0.15, 0.2) is 12.4 Å². The second kappa shape index (κ2) is 68.4. The summed E-state index contributed by atoms with van der Waals surface area (Å²) in [5.41, 5.74) is 0. The van der Waals surface area contributed by atoms with Crippen molar-refractivity contribution in [1.29, 1.82) is 0 Å². The first kappa shape index (κ1) is 83.5. The SMILES string of the molecule is CC/C=C\C/C=C\C/C=C\C/C=C\C/C=C\C/C=C\CCCCCCCCC(=O)OC(COC(=O)CCCCCCCCCCCCCCCCCCCCCCCCCCC/C=C\CCCCCCCCCC)COC(OCC[N+](C)(C)C)C(=O)[O-]. The number of nitrogens with zero attached hydrogens (tertiary/aromatic N) is 1. The molecule has 0 aliphatic heterocycles. The minimum Gasteiger partial charge on any atom is -0.545 e. The second-order valence-electron chi connectivity index (χ2n) is 25.9. The first-order valence-electron chi connectivity index (χ1n) is 36.7. The lowest BCUT2D eigenvalue weighted by atomic mass is 10.0. The van der Waals surface area contributed by atoms with E-state index in [0.29, 0.717) is 17.4 Å². The van der Waals surface area contributed by atoms with Crippen molar-refractivity contribution in [2.24, 2.45) is 0 Å². The van der Waals surface area contributed by atoms with Crippen LogP contribution in [0.15, 0.2) is 85.1 Å². The van der Waals surface area contributed by atoms with Gasteiger partial charge in [0.1, 0.15) is 13.2 Å². The molecule has 0 bridgehead atoms. The predicted octanol–water partition coefficient (Wildman–Crippen LogP) is 21.7. The van der Waals surface area contributed by atoms with Crippen LogP contribution in [0.25, 0.3) is 0 Å². The maximum absolute atomic E-state index is 12.9. The fourth-order valence-electron chi connectivity index (χ4n) is 10.5. The predicted molar refractivity (Wildman–Crippen MR) is 371 cm³/mol. The lowest BCUT2D eigenvalue weighted by molar-refractivity contribution is -0.870. The van der Waals surface area contributed by atoms with Gasteiger partial charge in [-0.1, -0.05) is 317 Å². The van der Waals surface area contributed by atoms with E-state index >= 15 is 0 Å². The number of ether oxygens (including phenoxy) is 4. The highest BCUT2D eigenvalue weighted by atomic mass is 16.7. The summed E-state index contributed by atoms with van der Waals surface area (Å²) in [5.74, 6) is -2.29. The van der Waals surface area contributed by atoms with Crippen LogP contribution < -0.4 is 5.11 Å². The molecule has 0 aromatic rings. The molecule has 0 saturated heterocycles. The molecule has 0 heterocycles. The van der Waals surface area contributed by atoms with Crippen LogP contribution in [0.4, 0.5) is 0 Å². The number of hydrogen-bond donors (Lipinski definition) is 0. The van der Waals surface area contributed by atoms with Crippen molar-refractivity contribution in [2.75, 3.05) is 47.5 Å². The molecule has 0 rings (SSSR count). The van der Waals surface area contributed by atoms with Crippen molar-refractivity contribution in [1.82, 2.24) is 0 Å². The molecule has 0 saturated carbocycles. The van der Waals surface area contributed by atoms with E-state index in [1.807, 2.05) is 21.1 Å². The molecular weight excluding hydrogens is 1080 g/mol. The molecular formula is C78H139NO8. The van der Waals surface area contributed by atoms with Crippen LogP contribution in [-0.2, 0) is 33.3 Å². The van der Waals surface area contributed by atoms with Crippen LogP contribution in [0, 0.1) is 0 Å². The molecule has 0 aliphatic carbocycles. The molecule has 0 aromatic carbocycles. The first-order valence-corrected chi connectivity index (χ1v) is 36.7. The van der Waals surface area contributed by atoms with E-state index < -0.39 is 24.3 Å². The minimum atomic E-state index is -1.63. The molecule has 9 nitrogen and oxygen atoms in total. The monoisotopic (exact) mass is 1220 g/mol. The van der Waals surface area contributed by atoms with E-state index in [2.05, 4.69) is 98.9 Å². The number of carboxylic acid groups (broad SMARTS) is 1. The van der Waals surface area contributed by atoms with Crippen LogP contribution in [0.2, 0.25) is 0 Å². The standard InChI is InChI=1S/C78H139NO8/c1-6-8-10-12-14-16-18-20-22-24-26-28-30-32-33-34-35-36-37-38-39-40-41-42-43-45-46-48-50-52-54-56-58-60-62-64-66-68-75(80)85-72-74(73-86-78(77(82)83)84-71-70-79(3,4)5)87-76(81)69-67-65-63-61-59-57-55-53-51-49-47-44-31-29-27-25-23-21-19-17-15-13-11-9-7-2/h9,11,15,17,21,23-24,26-27,29,44,47,51,53,74,78H,6-8,10,12-14,16,18-20,22,25,28,30-43,45-46,48-50,52,54-73H2,1-5H3/b11-9-,17-15-,23-21-,26-24-,29-27-,47-44-,53-51-. The van der Waals surface area contributed by atoms with Crippen molar-refractivity contribution < 1.29 is 42.9 Å². The number of unbranched alkanes of at least 4 members (excludes halogenated alkanes) is 39. The Morgan fingerprint density at radius 2 is 0.655 bits per heavy atom. The zero-order valence-electron chi connectivity index (χ0n) is 57.6. The summed E-state index contributed by atoms with van der Waals surface area (Å²) in [6.45, 7) is 4.65. The lowest BCUT2D eigenvalue weighted by Crippen LogP contribution is -2.44. The Morgan fingerprint density at radius 3 is 0.989 bits per heavy atom. The number of carbonyl (C=O) groups is 3. The largest absolute Gasteiger partial charge is 0.545 e. The number of allylic oxidation sites excluding steroid dienone is 14. The van der Waals surface area contributed by atoms with Crippen LogP contribution in [0.3, 0.4) is 0 Å². The average molecular weight is 1220 g/mol. The Balaban J connectivity index is 4.04. The summed E-state index contributed by atoms with van der Waals surface area (Å²) in [7, 11) is 5.93. The van der Waals surface area contributed by atoms with Gasteiger partial charge in [-0.25, -0.2) is 0 Å². The van der Waals surface area contributed by atoms with Gasteiger partial charge in [-0.05, 0) is 89.9 Å². The Labute approximate surface area is 538 Å². The van der Waals surface area contributed by atoms with Crippen LogP contribution in [-0.4, -0.2) is 82.3 Å². The Hall–Kier alpha value is -3.53. The molecule has 9 heteroatoms. The molecule has 87 heavy (non-hydrogen) atoms. The highest BCUT2D eigenvalue weighted by Gasteiger charge is 2.22. The Bertz CT molecular complexity index is 1700. The summed E-state index contributed by atoms with van der Waals surface area (Å²) in [6.07, 6.45) is 89.8. The first-order chi connectivity index (χ1) is 42.6. The minimum absolute atomic E-state index is 0.142. The molecule has 0 amide bonds. The van der Waals surface area contributed by atoms with Gasteiger partial charge in [0.05, 0.1) is 40.3 Å². The normalized spacial score (nSPS) is 13.2. The summed E-state index contributed by atoms with van der Waals surface area (Å²) in [4.78, 5) is 37.5. The van der Waals surface area contributed by atoms with Gasteiger partial charge in [0.2, 0.25) is 0 Å². The van der Waals surface area contributed by atoms with Gasteiger partial charge >= 0.3 is 11.9 Å². The Kier molecular flexibility index (Phi) is 65.6.